The van der Waals surface area contributed by atoms with Crippen LogP contribution in [0.5, 0.6) is 0 Å². The molecular formula is C29H30FN3O2S2. The second-order valence-electron chi connectivity index (χ2n) is 11.2. The summed E-state index contributed by atoms with van der Waals surface area (Å²) in [7, 11) is 0. The lowest BCUT2D eigenvalue weighted by atomic mass is 9.86. The van der Waals surface area contributed by atoms with Gasteiger partial charge in [0.05, 0.1) is 12.0 Å². The van der Waals surface area contributed by atoms with E-state index >= 15 is 0 Å². The Hall–Kier alpha value is -2.70. The highest BCUT2D eigenvalue weighted by Crippen LogP contribution is 2.42. The summed E-state index contributed by atoms with van der Waals surface area (Å²) in [6.45, 7) is 9.60. The molecule has 0 fully saturated rings. The number of nitrogens with zero attached hydrogens (tertiary/aromatic N) is 2. The van der Waals surface area contributed by atoms with E-state index in [1.165, 1.54) is 17.4 Å². The van der Waals surface area contributed by atoms with Crippen LogP contribution < -0.4 is 5.32 Å². The average molecular weight is 536 g/mol. The number of fused-ring (bicyclic) bond motifs is 2. The summed E-state index contributed by atoms with van der Waals surface area (Å²) in [4.78, 5) is 17.3. The van der Waals surface area contributed by atoms with Crippen LogP contribution >= 0.6 is 11.3 Å². The molecule has 8 heteroatoms. The number of carbonyl (C=O) groups is 1. The van der Waals surface area contributed by atoms with Crippen molar-refractivity contribution in [3.63, 3.8) is 0 Å². The van der Waals surface area contributed by atoms with Gasteiger partial charge >= 0.3 is 0 Å². The Morgan fingerprint density at radius 2 is 2.00 bits per heavy atom. The molecule has 5 nitrogen and oxygen atoms in total. The zero-order valence-electron chi connectivity index (χ0n) is 21.5. The Kier molecular flexibility index (Phi) is 6.70. The average Bonchev–Trinajstić information content (AvgIpc) is 3.24. The van der Waals surface area contributed by atoms with Gasteiger partial charge in [0.2, 0.25) is 5.91 Å². The van der Waals surface area contributed by atoms with Gasteiger partial charge in [-0.1, -0.05) is 32.0 Å². The minimum atomic E-state index is -1.00. The standard InChI is InChI=1S/C29H30FN3O2S2/c1-28(2)17-37(35)25-9-8-18(11-23(25)28)12-26(34)32-27-21(14-31)22-16-33(29(3,4)13-24(22)36-27)15-19-6-5-7-20(30)10-19/h5-11H,12-13,15-17H2,1-4H3,(H,32,34). The molecule has 1 unspecified atom stereocenters. The third-order valence-electron chi connectivity index (χ3n) is 7.39. The van der Waals surface area contributed by atoms with Crippen LogP contribution in [0.3, 0.4) is 0 Å². The highest BCUT2D eigenvalue weighted by Gasteiger charge is 2.40. The lowest BCUT2D eigenvalue weighted by Crippen LogP contribution is -2.47. The van der Waals surface area contributed by atoms with E-state index in [1.807, 2.05) is 24.3 Å². The van der Waals surface area contributed by atoms with Crippen molar-refractivity contribution in [3.8, 4) is 6.07 Å². The SMILES string of the molecule is CC1(C)C[S+]([O-])c2ccc(CC(=O)Nc3sc4c(c3C#N)CN(Cc3cccc(F)c3)C(C)(C)C4)cc21. The summed E-state index contributed by atoms with van der Waals surface area (Å²) in [5, 5.41) is 13.6. The van der Waals surface area contributed by atoms with Crippen molar-refractivity contribution in [2.24, 2.45) is 0 Å². The van der Waals surface area contributed by atoms with Gasteiger partial charge in [0.1, 0.15) is 22.6 Å². The van der Waals surface area contributed by atoms with E-state index in [-0.39, 0.29) is 29.1 Å². The van der Waals surface area contributed by atoms with Crippen LogP contribution in [0, 0.1) is 17.1 Å². The molecule has 1 amide bonds. The normalized spacial score (nSPS) is 19.6. The van der Waals surface area contributed by atoms with Crippen molar-refractivity contribution >= 4 is 33.4 Å². The fraction of sp³-hybridized carbons (Fsp3) is 0.379. The topological polar surface area (TPSA) is 79.2 Å². The molecule has 2 aliphatic rings. The number of amides is 1. The summed E-state index contributed by atoms with van der Waals surface area (Å²) < 4.78 is 26.2. The molecule has 0 aliphatic carbocycles. The summed E-state index contributed by atoms with van der Waals surface area (Å²) in [6, 6.07) is 14.7. The molecule has 3 heterocycles. The first-order valence-corrected chi connectivity index (χ1v) is 14.5. The molecule has 0 saturated heterocycles. The molecule has 5 rings (SSSR count). The molecule has 37 heavy (non-hydrogen) atoms. The zero-order valence-corrected chi connectivity index (χ0v) is 23.1. The number of carbonyl (C=O) groups excluding carboxylic acids is 1. The summed E-state index contributed by atoms with van der Waals surface area (Å²) in [5.74, 6) is 0.158. The van der Waals surface area contributed by atoms with Gasteiger partial charge in [-0.15, -0.1) is 11.3 Å². The number of anilines is 1. The fourth-order valence-electron chi connectivity index (χ4n) is 5.32. The van der Waals surface area contributed by atoms with Crippen molar-refractivity contribution in [3.05, 3.63) is 81.0 Å². The van der Waals surface area contributed by atoms with E-state index in [1.54, 1.807) is 12.1 Å². The van der Waals surface area contributed by atoms with Crippen LogP contribution in [0.15, 0.2) is 47.4 Å². The molecule has 2 aromatic carbocycles. The highest BCUT2D eigenvalue weighted by atomic mass is 32.2. The summed E-state index contributed by atoms with van der Waals surface area (Å²) in [6.07, 6.45) is 0.921. The number of hydrogen-bond acceptors (Lipinski definition) is 5. The molecule has 0 radical (unpaired) electrons. The first-order chi connectivity index (χ1) is 17.5. The number of thiophene rings is 1. The number of hydrogen-bond donors (Lipinski definition) is 1. The molecular weight excluding hydrogens is 505 g/mol. The highest BCUT2D eigenvalue weighted by molar-refractivity contribution is 7.91. The smallest absolute Gasteiger partial charge is 0.229 e. The van der Waals surface area contributed by atoms with Crippen molar-refractivity contribution in [2.45, 2.75) is 69.5 Å². The number of nitriles is 1. The van der Waals surface area contributed by atoms with Gasteiger partial charge in [-0.2, -0.15) is 5.26 Å². The third-order valence-corrected chi connectivity index (χ3v) is 10.4. The van der Waals surface area contributed by atoms with Gasteiger partial charge in [-0.3, -0.25) is 9.69 Å². The van der Waals surface area contributed by atoms with E-state index in [4.69, 9.17) is 0 Å². The maximum Gasteiger partial charge on any atom is 0.229 e. The Balaban J connectivity index is 1.35. The predicted molar refractivity (Wildman–Crippen MR) is 146 cm³/mol. The largest absolute Gasteiger partial charge is 0.611 e. The van der Waals surface area contributed by atoms with E-state index in [9.17, 15) is 19.0 Å². The first kappa shape index (κ1) is 25.9. The second kappa shape index (κ2) is 9.55. The quantitative estimate of drug-likeness (QED) is 0.427. The van der Waals surface area contributed by atoms with Crippen molar-refractivity contribution < 1.29 is 13.7 Å². The van der Waals surface area contributed by atoms with Crippen molar-refractivity contribution in [1.82, 2.24) is 4.90 Å². The van der Waals surface area contributed by atoms with Crippen LogP contribution in [0.25, 0.3) is 0 Å². The maximum atomic E-state index is 13.8. The molecule has 2 aliphatic heterocycles. The Morgan fingerprint density at radius 3 is 2.73 bits per heavy atom. The number of rotatable bonds is 5. The minimum absolute atomic E-state index is 0.178. The lowest BCUT2D eigenvalue weighted by molar-refractivity contribution is -0.115. The van der Waals surface area contributed by atoms with Gasteiger partial charge < -0.3 is 9.87 Å². The van der Waals surface area contributed by atoms with E-state index in [2.05, 4.69) is 44.0 Å². The van der Waals surface area contributed by atoms with E-state index in [0.29, 0.717) is 29.4 Å². The van der Waals surface area contributed by atoms with Gasteiger partial charge in [-0.25, -0.2) is 4.39 Å². The maximum absolute atomic E-state index is 13.8. The van der Waals surface area contributed by atoms with Crippen molar-refractivity contribution in [2.75, 3.05) is 11.1 Å². The van der Waals surface area contributed by atoms with Gasteiger partial charge in [0.15, 0.2) is 4.90 Å². The van der Waals surface area contributed by atoms with E-state index < -0.39 is 11.2 Å². The van der Waals surface area contributed by atoms with E-state index in [0.717, 1.165) is 38.4 Å². The van der Waals surface area contributed by atoms with Gasteiger partial charge in [0.25, 0.3) is 0 Å². The van der Waals surface area contributed by atoms with Crippen LogP contribution in [0.2, 0.25) is 0 Å². The predicted octanol–water partition coefficient (Wildman–Crippen LogP) is 5.68. The lowest BCUT2D eigenvalue weighted by Gasteiger charge is -2.42. The van der Waals surface area contributed by atoms with Crippen LogP contribution in [-0.2, 0) is 47.3 Å². The molecule has 0 bridgehead atoms. The molecule has 3 aromatic rings. The summed E-state index contributed by atoms with van der Waals surface area (Å²) >= 11 is 0.476. The Morgan fingerprint density at radius 1 is 1.22 bits per heavy atom. The van der Waals surface area contributed by atoms with Crippen molar-refractivity contribution in [1.29, 1.82) is 5.26 Å². The third kappa shape index (κ3) is 5.06. The second-order valence-corrected chi connectivity index (χ2v) is 13.7. The minimum Gasteiger partial charge on any atom is -0.611 e. The number of halogens is 1. The molecule has 1 N–H and O–H groups in total. The first-order valence-electron chi connectivity index (χ1n) is 12.3. The van der Waals surface area contributed by atoms with Crippen LogP contribution in [0.4, 0.5) is 9.39 Å². The van der Waals surface area contributed by atoms with Gasteiger partial charge in [-0.05, 0) is 60.4 Å². The molecule has 1 atom stereocenters. The zero-order chi connectivity index (χ0) is 26.5. The Labute approximate surface area is 224 Å². The number of benzene rings is 2. The molecule has 192 valence electrons. The van der Waals surface area contributed by atoms with Crippen LogP contribution in [0.1, 0.15) is 60.4 Å². The number of nitrogens with one attached hydrogen (secondary N) is 1. The monoisotopic (exact) mass is 535 g/mol. The van der Waals surface area contributed by atoms with Gasteiger partial charge in [0, 0.05) is 46.5 Å². The Bertz CT molecular complexity index is 1420. The summed E-state index contributed by atoms with van der Waals surface area (Å²) in [5.41, 5.74) is 3.89. The molecule has 0 saturated carbocycles. The molecule has 0 spiro atoms. The molecule has 1 aromatic heterocycles. The fourth-order valence-corrected chi connectivity index (χ4v) is 8.48. The van der Waals surface area contributed by atoms with Crippen LogP contribution in [-0.4, -0.2) is 26.7 Å².